The van der Waals surface area contributed by atoms with E-state index in [1.807, 2.05) is 19.9 Å². The minimum Gasteiger partial charge on any atom is -0.347 e. The van der Waals surface area contributed by atoms with Crippen molar-refractivity contribution in [1.29, 1.82) is 0 Å². The van der Waals surface area contributed by atoms with Gasteiger partial charge in [0.05, 0.1) is 10.8 Å². The van der Waals surface area contributed by atoms with Crippen LogP contribution in [0, 0.1) is 0 Å². The number of hydrogen-bond donors (Lipinski definition) is 1. The lowest BCUT2D eigenvalue weighted by Crippen LogP contribution is -2.27. The van der Waals surface area contributed by atoms with Crippen LogP contribution in [0.3, 0.4) is 0 Å². The van der Waals surface area contributed by atoms with E-state index in [2.05, 4.69) is 24.9 Å². The molecule has 0 aliphatic carbocycles. The third-order valence-corrected chi connectivity index (χ3v) is 3.54. The Hall–Kier alpha value is -0.0300. The molecule has 0 spiro atoms. The zero-order valence-electron chi connectivity index (χ0n) is 8.53. The van der Waals surface area contributed by atoms with Gasteiger partial charge in [-0.3, -0.25) is 0 Å². The molecule has 0 bridgehead atoms. The highest BCUT2D eigenvalue weighted by Crippen LogP contribution is 2.40. The molecule has 2 heterocycles. The van der Waals surface area contributed by atoms with Crippen LogP contribution in [0.2, 0.25) is 0 Å². The zero-order chi connectivity index (χ0) is 10.4. The van der Waals surface area contributed by atoms with Crippen molar-refractivity contribution in [3.8, 4) is 0 Å². The van der Waals surface area contributed by atoms with Gasteiger partial charge in [-0.1, -0.05) is 0 Å². The highest BCUT2D eigenvalue weighted by molar-refractivity contribution is 7.82. The number of thiophene rings is 1. The van der Waals surface area contributed by atoms with Gasteiger partial charge in [-0.25, -0.2) is 0 Å². The molecule has 1 atom stereocenters. The van der Waals surface area contributed by atoms with Gasteiger partial charge >= 0.3 is 0 Å². The first-order chi connectivity index (χ1) is 6.41. The largest absolute Gasteiger partial charge is 0.347 e. The van der Waals surface area contributed by atoms with E-state index in [4.69, 9.17) is 9.47 Å². The second kappa shape index (κ2) is 3.23. The molecule has 1 aromatic heterocycles. The molecule has 0 amide bonds. The number of hydrogen-bond acceptors (Lipinski definition) is 4. The molecule has 1 aliphatic rings. The van der Waals surface area contributed by atoms with Gasteiger partial charge in [-0.15, -0.1) is 24.0 Å². The number of rotatable bonds is 1. The van der Waals surface area contributed by atoms with E-state index in [0.29, 0.717) is 6.61 Å². The van der Waals surface area contributed by atoms with Crippen molar-refractivity contribution < 1.29 is 9.47 Å². The van der Waals surface area contributed by atoms with Gasteiger partial charge in [0.2, 0.25) is 0 Å². The molecule has 1 unspecified atom stereocenters. The average molecular weight is 230 g/mol. The summed E-state index contributed by atoms with van der Waals surface area (Å²) in [5.41, 5.74) is 0.833. The lowest BCUT2D eigenvalue weighted by molar-refractivity contribution is -0.159. The van der Waals surface area contributed by atoms with Gasteiger partial charge in [0.15, 0.2) is 5.79 Å². The molecule has 0 aromatic carbocycles. The molecule has 1 aromatic rings. The fourth-order valence-corrected chi connectivity index (χ4v) is 2.71. The summed E-state index contributed by atoms with van der Waals surface area (Å²) < 4.78 is 12.5. The Labute approximate surface area is 93.6 Å². The molecule has 2 rings (SSSR count). The molecule has 14 heavy (non-hydrogen) atoms. The minimum absolute atomic E-state index is 0.318. The van der Waals surface area contributed by atoms with Crippen molar-refractivity contribution in [2.24, 2.45) is 0 Å². The maximum absolute atomic E-state index is 5.89. The lowest BCUT2D eigenvalue weighted by atomic mass is 10.0. The third kappa shape index (κ3) is 1.84. The molecule has 1 aliphatic heterocycles. The Kier molecular flexibility index (Phi) is 2.42. The predicted octanol–water partition coefficient (Wildman–Crippen LogP) is 3.03. The van der Waals surface area contributed by atoms with Gasteiger partial charge in [-0.2, -0.15) is 0 Å². The van der Waals surface area contributed by atoms with Crippen molar-refractivity contribution in [1.82, 2.24) is 0 Å². The molecule has 2 nitrogen and oxygen atoms in total. The van der Waals surface area contributed by atoms with Crippen LogP contribution in [0.4, 0.5) is 0 Å². The summed E-state index contributed by atoms with van der Waals surface area (Å²) in [5.74, 6) is -0.479. The second-order valence-corrected chi connectivity index (χ2v) is 5.89. The number of ether oxygens (including phenoxy) is 2. The van der Waals surface area contributed by atoms with E-state index in [-0.39, 0.29) is 5.60 Å². The van der Waals surface area contributed by atoms with Gasteiger partial charge in [0.25, 0.3) is 0 Å². The monoisotopic (exact) mass is 230 g/mol. The second-order valence-electron chi connectivity index (χ2n) is 4.20. The molecular weight excluding hydrogens is 216 g/mol. The molecule has 1 fully saturated rings. The Morgan fingerprint density at radius 1 is 1.43 bits per heavy atom. The van der Waals surface area contributed by atoms with Crippen LogP contribution >= 0.6 is 24.0 Å². The highest BCUT2D eigenvalue weighted by atomic mass is 32.2. The standard InChI is InChI=1S/C10H14O2S2/c1-9(2)11-6-10(3,12-9)7-4-8(13)14-5-7/h4-5,13H,6H2,1-3H3. The normalized spacial score (nSPS) is 30.9. The van der Waals surface area contributed by atoms with Crippen LogP contribution in [0.15, 0.2) is 15.7 Å². The summed E-state index contributed by atoms with van der Waals surface area (Å²) in [6.07, 6.45) is 0. The van der Waals surface area contributed by atoms with Crippen LogP contribution in [-0.2, 0) is 15.1 Å². The predicted molar refractivity (Wildman–Crippen MR) is 60.0 cm³/mol. The van der Waals surface area contributed by atoms with E-state index in [1.54, 1.807) is 11.3 Å². The van der Waals surface area contributed by atoms with Crippen molar-refractivity contribution in [2.45, 2.75) is 36.4 Å². The fourth-order valence-electron chi connectivity index (χ4n) is 1.66. The molecule has 0 radical (unpaired) electrons. The Bertz CT molecular complexity index is 346. The third-order valence-electron chi connectivity index (χ3n) is 2.36. The van der Waals surface area contributed by atoms with Crippen LogP contribution < -0.4 is 0 Å². The van der Waals surface area contributed by atoms with Crippen molar-refractivity contribution in [3.63, 3.8) is 0 Å². The SMILES string of the molecule is CC1(C)OCC(C)(c2csc(S)c2)O1. The Morgan fingerprint density at radius 2 is 2.14 bits per heavy atom. The first kappa shape index (κ1) is 10.5. The van der Waals surface area contributed by atoms with Crippen LogP contribution in [-0.4, -0.2) is 12.4 Å². The molecular formula is C10H14O2S2. The van der Waals surface area contributed by atoms with Gasteiger partial charge in [0.1, 0.15) is 5.60 Å². The minimum atomic E-state index is -0.479. The zero-order valence-corrected chi connectivity index (χ0v) is 10.2. The molecule has 1 saturated heterocycles. The van der Waals surface area contributed by atoms with Crippen molar-refractivity contribution >= 4 is 24.0 Å². The summed E-state index contributed by atoms with van der Waals surface area (Å²) in [4.78, 5) is 0. The summed E-state index contributed by atoms with van der Waals surface area (Å²) >= 11 is 5.92. The Morgan fingerprint density at radius 3 is 2.57 bits per heavy atom. The fraction of sp³-hybridized carbons (Fsp3) is 0.600. The van der Waals surface area contributed by atoms with E-state index in [0.717, 1.165) is 9.77 Å². The smallest absolute Gasteiger partial charge is 0.164 e. The number of thiol groups is 1. The van der Waals surface area contributed by atoms with Crippen molar-refractivity contribution in [2.75, 3.05) is 6.61 Å². The maximum Gasteiger partial charge on any atom is 0.164 e. The van der Waals surface area contributed by atoms with E-state index in [9.17, 15) is 0 Å². The van der Waals surface area contributed by atoms with Gasteiger partial charge < -0.3 is 9.47 Å². The van der Waals surface area contributed by atoms with Gasteiger partial charge in [0, 0.05) is 0 Å². The van der Waals surface area contributed by atoms with Crippen LogP contribution in [0.1, 0.15) is 26.3 Å². The van der Waals surface area contributed by atoms with E-state index in [1.165, 1.54) is 0 Å². The molecule has 0 N–H and O–H groups in total. The van der Waals surface area contributed by atoms with E-state index < -0.39 is 5.79 Å². The lowest BCUT2D eigenvalue weighted by Gasteiger charge is -2.24. The highest BCUT2D eigenvalue weighted by Gasteiger charge is 2.43. The first-order valence-electron chi connectivity index (χ1n) is 4.53. The quantitative estimate of drug-likeness (QED) is 0.748. The summed E-state index contributed by atoms with van der Waals surface area (Å²) in [6.45, 7) is 6.53. The Balaban J connectivity index is 2.27. The van der Waals surface area contributed by atoms with Crippen LogP contribution in [0.25, 0.3) is 0 Å². The first-order valence-corrected chi connectivity index (χ1v) is 5.86. The molecule has 0 saturated carbocycles. The topological polar surface area (TPSA) is 18.5 Å². The average Bonchev–Trinajstić information content (AvgIpc) is 2.57. The van der Waals surface area contributed by atoms with Crippen molar-refractivity contribution in [3.05, 3.63) is 17.0 Å². The summed E-state index contributed by atoms with van der Waals surface area (Å²) in [6, 6.07) is 2.04. The molecule has 4 heteroatoms. The maximum atomic E-state index is 5.89. The summed E-state index contributed by atoms with van der Waals surface area (Å²) in [7, 11) is 0. The van der Waals surface area contributed by atoms with E-state index >= 15 is 0 Å². The van der Waals surface area contributed by atoms with Gasteiger partial charge in [-0.05, 0) is 37.8 Å². The van der Waals surface area contributed by atoms with Crippen LogP contribution in [0.5, 0.6) is 0 Å². The molecule has 78 valence electrons. The summed E-state index contributed by atoms with van der Waals surface area (Å²) in [5, 5.41) is 2.08.